The predicted molar refractivity (Wildman–Crippen MR) is 76.8 cm³/mol. The Bertz CT molecular complexity index is 673. The molecule has 2 aromatic heterocycles. The number of nitrogens with zero attached hydrogens (tertiary/aromatic N) is 4. The third-order valence-corrected chi connectivity index (χ3v) is 4.58. The van der Waals surface area contributed by atoms with Crippen LogP contribution in [0.1, 0.15) is 26.2 Å². The third kappa shape index (κ3) is 2.83. The maximum Gasteiger partial charge on any atom is 0.251 e. The SMILES string of the molecule is C[C@H]1CC[C@H](Cn2cnc3nc(Cl)nc(Cl)c32)CC1(F)F. The number of halogens is 4. The van der Waals surface area contributed by atoms with Gasteiger partial charge in [-0.15, -0.1) is 0 Å². The number of fused-ring (bicyclic) bond motifs is 1. The highest BCUT2D eigenvalue weighted by Gasteiger charge is 2.42. The summed E-state index contributed by atoms with van der Waals surface area (Å²) in [6.07, 6.45) is 2.74. The van der Waals surface area contributed by atoms with Gasteiger partial charge in [-0.25, -0.2) is 18.7 Å². The molecule has 1 saturated carbocycles. The van der Waals surface area contributed by atoms with E-state index in [0.29, 0.717) is 24.1 Å². The van der Waals surface area contributed by atoms with Crippen LogP contribution in [0.25, 0.3) is 11.2 Å². The van der Waals surface area contributed by atoms with Gasteiger partial charge in [-0.2, -0.15) is 4.98 Å². The van der Waals surface area contributed by atoms with E-state index in [4.69, 9.17) is 23.2 Å². The summed E-state index contributed by atoms with van der Waals surface area (Å²) in [5.41, 5.74) is 0.930. The standard InChI is InChI=1S/C13H14Cl2F2N4/c1-7-2-3-8(4-13(7,16)17)5-21-6-18-11-9(21)10(14)19-12(15)20-11/h6-8H,2-5H2,1H3/t7-,8-/m0/s1. The Morgan fingerprint density at radius 2 is 2.10 bits per heavy atom. The van der Waals surface area contributed by atoms with Crippen LogP contribution in [0.5, 0.6) is 0 Å². The second kappa shape index (κ2) is 5.32. The Hall–Kier alpha value is -1.01. The topological polar surface area (TPSA) is 43.6 Å². The first-order valence-electron chi connectivity index (χ1n) is 6.78. The Labute approximate surface area is 130 Å². The molecule has 2 aromatic rings. The van der Waals surface area contributed by atoms with Crippen molar-refractivity contribution >= 4 is 34.4 Å². The first kappa shape index (κ1) is 14.9. The molecular formula is C13H14Cl2F2N4. The molecule has 1 aliphatic rings. The lowest BCUT2D eigenvalue weighted by Gasteiger charge is -2.34. The molecule has 1 fully saturated rings. The molecule has 3 rings (SSSR count). The fourth-order valence-corrected chi connectivity index (χ4v) is 3.35. The van der Waals surface area contributed by atoms with Gasteiger partial charge in [0, 0.05) is 18.9 Å². The molecule has 0 bridgehead atoms. The van der Waals surface area contributed by atoms with Gasteiger partial charge in [0.1, 0.15) is 5.52 Å². The highest BCUT2D eigenvalue weighted by molar-refractivity contribution is 6.35. The molecule has 4 nitrogen and oxygen atoms in total. The summed E-state index contributed by atoms with van der Waals surface area (Å²) in [5, 5.41) is 0.217. The highest BCUT2D eigenvalue weighted by atomic mass is 35.5. The van der Waals surface area contributed by atoms with Gasteiger partial charge in [0.25, 0.3) is 5.92 Å². The smallest absolute Gasteiger partial charge is 0.251 e. The molecule has 2 atom stereocenters. The molecule has 1 aliphatic carbocycles. The summed E-state index contributed by atoms with van der Waals surface area (Å²) in [5.74, 6) is -3.28. The van der Waals surface area contributed by atoms with Gasteiger partial charge in [0.2, 0.25) is 5.28 Å². The lowest BCUT2D eigenvalue weighted by Crippen LogP contribution is -2.35. The van der Waals surface area contributed by atoms with Crippen molar-refractivity contribution < 1.29 is 8.78 Å². The zero-order valence-corrected chi connectivity index (χ0v) is 12.9. The van der Waals surface area contributed by atoms with Crippen LogP contribution in [-0.2, 0) is 6.54 Å². The van der Waals surface area contributed by atoms with E-state index in [1.807, 2.05) is 0 Å². The van der Waals surface area contributed by atoms with Gasteiger partial charge < -0.3 is 4.57 Å². The highest BCUT2D eigenvalue weighted by Crippen LogP contribution is 2.41. The minimum atomic E-state index is -2.61. The number of alkyl halides is 2. The van der Waals surface area contributed by atoms with Gasteiger partial charge in [0.15, 0.2) is 10.8 Å². The summed E-state index contributed by atoms with van der Waals surface area (Å²) in [6, 6.07) is 0. The molecule has 0 aromatic carbocycles. The summed E-state index contributed by atoms with van der Waals surface area (Å²) in [4.78, 5) is 12.0. The minimum absolute atomic E-state index is 0.0239. The molecule has 0 aliphatic heterocycles. The van der Waals surface area contributed by atoms with E-state index in [1.54, 1.807) is 17.8 Å². The average Bonchev–Trinajstić information content (AvgIpc) is 2.76. The van der Waals surface area contributed by atoms with E-state index in [-0.39, 0.29) is 22.8 Å². The molecule has 0 amide bonds. The summed E-state index contributed by atoms with van der Waals surface area (Å²) in [7, 11) is 0. The number of aromatic nitrogens is 4. The van der Waals surface area contributed by atoms with Crippen molar-refractivity contribution in [1.29, 1.82) is 0 Å². The van der Waals surface area contributed by atoms with E-state index in [1.165, 1.54) is 0 Å². The number of rotatable bonds is 2. The van der Waals surface area contributed by atoms with Crippen LogP contribution in [0.2, 0.25) is 10.4 Å². The van der Waals surface area contributed by atoms with Crippen LogP contribution in [0.3, 0.4) is 0 Å². The largest absolute Gasteiger partial charge is 0.326 e. The Morgan fingerprint density at radius 1 is 1.33 bits per heavy atom. The first-order chi connectivity index (χ1) is 9.87. The van der Waals surface area contributed by atoms with Crippen molar-refractivity contribution in [2.45, 2.75) is 38.7 Å². The van der Waals surface area contributed by atoms with Crippen molar-refractivity contribution in [3.8, 4) is 0 Å². The Balaban J connectivity index is 1.86. The molecule has 114 valence electrons. The van der Waals surface area contributed by atoms with Crippen molar-refractivity contribution in [1.82, 2.24) is 19.5 Å². The Morgan fingerprint density at radius 3 is 2.81 bits per heavy atom. The average molecular weight is 335 g/mol. The molecular weight excluding hydrogens is 321 g/mol. The number of imidazole rings is 1. The van der Waals surface area contributed by atoms with Crippen molar-refractivity contribution in [3.05, 3.63) is 16.8 Å². The molecule has 8 heteroatoms. The molecule has 0 N–H and O–H groups in total. The fraction of sp³-hybridized carbons (Fsp3) is 0.615. The van der Waals surface area contributed by atoms with Crippen molar-refractivity contribution in [2.24, 2.45) is 11.8 Å². The third-order valence-electron chi connectivity index (χ3n) is 4.15. The van der Waals surface area contributed by atoms with Gasteiger partial charge in [-0.1, -0.05) is 18.5 Å². The van der Waals surface area contributed by atoms with Gasteiger partial charge in [-0.3, -0.25) is 0 Å². The van der Waals surface area contributed by atoms with Crippen LogP contribution in [0, 0.1) is 11.8 Å². The second-order valence-corrected chi connectivity index (χ2v) is 6.36. The predicted octanol–water partition coefficient (Wildman–Crippen LogP) is 4.20. The second-order valence-electron chi connectivity index (χ2n) is 5.66. The number of hydrogen-bond acceptors (Lipinski definition) is 3. The monoisotopic (exact) mass is 334 g/mol. The van der Waals surface area contributed by atoms with Crippen LogP contribution >= 0.6 is 23.2 Å². The maximum absolute atomic E-state index is 13.8. The first-order valence-corrected chi connectivity index (χ1v) is 7.54. The normalized spacial score (nSPS) is 25.4. The lowest BCUT2D eigenvalue weighted by molar-refractivity contribution is -0.0970. The van der Waals surface area contributed by atoms with E-state index in [2.05, 4.69) is 15.0 Å². The molecule has 0 unspecified atom stereocenters. The van der Waals surface area contributed by atoms with Crippen LogP contribution in [0.4, 0.5) is 8.78 Å². The maximum atomic E-state index is 13.8. The van der Waals surface area contributed by atoms with Crippen LogP contribution < -0.4 is 0 Å². The zero-order chi connectivity index (χ0) is 15.2. The zero-order valence-electron chi connectivity index (χ0n) is 11.4. The van der Waals surface area contributed by atoms with Crippen LogP contribution in [-0.4, -0.2) is 25.4 Å². The van der Waals surface area contributed by atoms with Crippen molar-refractivity contribution in [3.63, 3.8) is 0 Å². The van der Waals surface area contributed by atoms with Gasteiger partial charge >= 0.3 is 0 Å². The van der Waals surface area contributed by atoms with E-state index in [9.17, 15) is 8.78 Å². The van der Waals surface area contributed by atoms with E-state index in [0.717, 1.165) is 6.42 Å². The van der Waals surface area contributed by atoms with Gasteiger partial charge in [-0.05, 0) is 30.4 Å². The van der Waals surface area contributed by atoms with E-state index < -0.39 is 11.8 Å². The van der Waals surface area contributed by atoms with Gasteiger partial charge in [0.05, 0.1) is 6.33 Å². The number of hydrogen-bond donors (Lipinski definition) is 0. The summed E-state index contributed by atoms with van der Waals surface area (Å²) in [6.45, 7) is 2.04. The quantitative estimate of drug-likeness (QED) is 0.610. The molecule has 21 heavy (non-hydrogen) atoms. The lowest BCUT2D eigenvalue weighted by atomic mass is 9.80. The Kier molecular flexibility index (Phi) is 3.78. The van der Waals surface area contributed by atoms with Crippen molar-refractivity contribution in [2.75, 3.05) is 0 Å². The summed E-state index contributed by atoms with van der Waals surface area (Å²) < 4.78 is 29.4. The fourth-order valence-electron chi connectivity index (χ4n) is 2.87. The molecule has 0 spiro atoms. The molecule has 0 saturated heterocycles. The molecule has 0 radical (unpaired) electrons. The minimum Gasteiger partial charge on any atom is -0.326 e. The molecule has 2 heterocycles. The summed E-state index contributed by atoms with van der Waals surface area (Å²) >= 11 is 11.8. The van der Waals surface area contributed by atoms with Crippen LogP contribution in [0.15, 0.2) is 6.33 Å². The van der Waals surface area contributed by atoms with E-state index >= 15 is 0 Å².